The molecule has 0 spiro atoms. The van der Waals surface area contributed by atoms with Crippen molar-refractivity contribution in [2.75, 3.05) is 5.32 Å². The van der Waals surface area contributed by atoms with E-state index in [1.54, 1.807) is 18.2 Å². The second-order valence-corrected chi connectivity index (χ2v) is 6.04. The van der Waals surface area contributed by atoms with E-state index in [1.165, 1.54) is 0 Å². The van der Waals surface area contributed by atoms with E-state index in [-0.39, 0.29) is 24.4 Å². The summed E-state index contributed by atoms with van der Waals surface area (Å²) in [7, 11) is 0. The molecule has 118 valence electrons. The molecule has 1 aliphatic carbocycles. The van der Waals surface area contributed by atoms with E-state index in [0.29, 0.717) is 16.5 Å². The number of halogens is 2. The van der Waals surface area contributed by atoms with Gasteiger partial charge in [0, 0.05) is 5.69 Å². The first-order valence-electron chi connectivity index (χ1n) is 6.97. The molecule has 4 nitrogen and oxygen atoms in total. The quantitative estimate of drug-likeness (QED) is 0.882. The van der Waals surface area contributed by atoms with E-state index in [0.717, 1.165) is 25.7 Å². The highest BCUT2D eigenvalue weighted by Gasteiger charge is 2.36. The van der Waals surface area contributed by atoms with Gasteiger partial charge < -0.3 is 15.8 Å². The van der Waals surface area contributed by atoms with E-state index < -0.39 is 5.54 Å². The maximum atomic E-state index is 12.2. The minimum atomic E-state index is -0.737. The zero-order valence-corrected chi connectivity index (χ0v) is 13.9. The summed E-state index contributed by atoms with van der Waals surface area (Å²) in [5.74, 6) is 0.478. The lowest BCUT2D eigenvalue weighted by Crippen LogP contribution is -2.48. The first kappa shape index (κ1) is 18.1. The Morgan fingerprint density at radius 2 is 2.00 bits per heavy atom. The molecule has 1 aromatic carbocycles. The van der Waals surface area contributed by atoms with Crippen molar-refractivity contribution in [1.82, 2.24) is 0 Å². The van der Waals surface area contributed by atoms with Gasteiger partial charge >= 0.3 is 0 Å². The fourth-order valence-corrected chi connectivity index (χ4v) is 2.64. The number of anilines is 1. The molecule has 3 N–H and O–H groups in total. The Labute approximate surface area is 136 Å². The number of hydrogen-bond donors (Lipinski definition) is 2. The van der Waals surface area contributed by atoms with E-state index in [1.807, 2.05) is 13.8 Å². The summed E-state index contributed by atoms with van der Waals surface area (Å²) < 4.78 is 5.56. The zero-order valence-electron chi connectivity index (χ0n) is 12.3. The van der Waals surface area contributed by atoms with Crippen molar-refractivity contribution in [3.63, 3.8) is 0 Å². The van der Waals surface area contributed by atoms with Gasteiger partial charge in [-0.1, -0.05) is 24.4 Å². The van der Waals surface area contributed by atoms with E-state index >= 15 is 0 Å². The lowest BCUT2D eigenvalue weighted by atomic mass is 9.98. The van der Waals surface area contributed by atoms with Gasteiger partial charge in [0.25, 0.3) is 0 Å². The smallest absolute Gasteiger partial charge is 0.244 e. The van der Waals surface area contributed by atoms with Crippen LogP contribution < -0.4 is 15.8 Å². The molecule has 1 saturated carbocycles. The van der Waals surface area contributed by atoms with Gasteiger partial charge in [0.2, 0.25) is 5.91 Å². The van der Waals surface area contributed by atoms with Crippen molar-refractivity contribution in [3.8, 4) is 5.75 Å². The van der Waals surface area contributed by atoms with Crippen molar-refractivity contribution < 1.29 is 9.53 Å². The van der Waals surface area contributed by atoms with Crippen molar-refractivity contribution in [2.45, 2.75) is 51.2 Å². The number of carbonyl (C=O) groups is 1. The van der Waals surface area contributed by atoms with E-state index in [4.69, 9.17) is 22.1 Å². The van der Waals surface area contributed by atoms with Gasteiger partial charge in [-0.15, -0.1) is 12.4 Å². The van der Waals surface area contributed by atoms with Crippen LogP contribution in [0.1, 0.15) is 39.5 Å². The average molecular weight is 333 g/mol. The molecule has 2 rings (SSSR count). The van der Waals surface area contributed by atoms with E-state index in [9.17, 15) is 4.79 Å². The average Bonchev–Trinajstić information content (AvgIpc) is 2.81. The van der Waals surface area contributed by atoms with Gasteiger partial charge in [0.05, 0.1) is 16.7 Å². The number of benzene rings is 1. The monoisotopic (exact) mass is 332 g/mol. The topological polar surface area (TPSA) is 64.3 Å². The molecule has 6 heteroatoms. The third-order valence-corrected chi connectivity index (χ3v) is 3.80. The Balaban J connectivity index is 0.00000220. The van der Waals surface area contributed by atoms with Crippen molar-refractivity contribution in [2.24, 2.45) is 5.73 Å². The molecule has 0 heterocycles. The standard InChI is InChI=1S/C15H21ClN2O2.ClH/c1-10(2)20-13-6-5-11(9-12(13)16)18-14(19)15(17)7-3-4-8-15;/h5-6,9-10H,3-4,7-8,17H2,1-2H3,(H,18,19);1H. The molecular formula is C15H22Cl2N2O2. The first-order valence-corrected chi connectivity index (χ1v) is 7.35. The third-order valence-electron chi connectivity index (χ3n) is 3.50. The Morgan fingerprint density at radius 1 is 1.38 bits per heavy atom. The Hall–Kier alpha value is -0.970. The van der Waals surface area contributed by atoms with Crippen LogP contribution in [0.2, 0.25) is 5.02 Å². The molecule has 0 saturated heterocycles. The molecule has 0 aliphatic heterocycles. The van der Waals surface area contributed by atoms with Crippen molar-refractivity contribution in [3.05, 3.63) is 23.2 Å². The van der Waals surface area contributed by atoms with Crippen LogP contribution in [-0.2, 0) is 4.79 Å². The van der Waals surface area contributed by atoms with Crippen LogP contribution in [0.5, 0.6) is 5.75 Å². The Bertz CT molecular complexity index is 500. The Morgan fingerprint density at radius 3 is 2.52 bits per heavy atom. The number of amides is 1. The van der Waals surface area contributed by atoms with Crippen LogP contribution in [0.15, 0.2) is 18.2 Å². The highest BCUT2D eigenvalue weighted by atomic mass is 35.5. The summed E-state index contributed by atoms with van der Waals surface area (Å²) in [6.45, 7) is 3.87. The zero-order chi connectivity index (χ0) is 14.8. The fraction of sp³-hybridized carbons (Fsp3) is 0.533. The van der Waals surface area contributed by atoms with Crippen LogP contribution in [0, 0.1) is 0 Å². The number of carbonyl (C=O) groups excluding carboxylic acids is 1. The summed E-state index contributed by atoms with van der Waals surface area (Å²) in [6.07, 6.45) is 3.54. The number of nitrogens with one attached hydrogen (secondary N) is 1. The number of rotatable bonds is 4. The number of nitrogens with two attached hydrogens (primary N) is 1. The SMILES string of the molecule is CC(C)Oc1ccc(NC(=O)C2(N)CCCC2)cc1Cl.Cl. The van der Waals surface area contributed by atoms with Gasteiger partial charge in [-0.2, -0.15) is 0 Å². The second kappa shape index (κ2) is 7.34. The largest absolute Gasteiger partial charge is 0.489 e. The summed E-state index contributed by atoms with van der Waals surface area (Å²) in [5.41, 5.74) is 6.02. The van der Waals surface area contributed by atoms with Gasteiger partial charge in [0.1, 0.15) is 5.75 Å². The third kappa shape index (κ3) is 4.50. The molecule has 1 aromatic rings. The number of hydrogen-bond acceptors (Lipinski definition) is 3. The highest BCUT2D eigenvalue weighted by Crippen LogP contribution is 2.31. The lowest BCUT2D eigenvalue weighted by molar-refractivity contribution is -0.121. The van der Waals surface area contributed by atoms with Gasteiger partial charge in [-0.05, 0) is 44.9 Å². The molecule has 0 bridgehead atoms. The molecule has 0 aromatic heterocycles. The summed E-state index contributed by atoms with van der Waals surface area (Å²) in [4.78, 5) is 12.2. The van der Waals surface area contributed by atoms with Crippen molar-refractivity contribution >= 4 is 35.6 Å². The molecule has 21 heavy (non-hydrogen) atoms. The second-order valence-electron chi connectivity index (χ2n) is 5.63. The van der Waals surface area contributed by atoms with Crippen LogP contribution in [0.3, 0.4) is 0 Å². The normalized spacial score (nSPS) is 16.4. The minimum absolute atomic E-state index is 0. The molecule has 1 amide bonds. The maximum Gasteiger partial charge on any atom is 0.244 e. The van der Waals surface area contributed by atoms with E-state index in [2.05, 4.69) is 5.32 Å². The fourth-order valence-electron chi connectivity index (χ4n) is 2.42. The van der Waals surface area contributed by atoms with Crippen LogP contribution in [-0.4, -0.2) is 17.6 Å². The van der Waals surface area contributed by atoms with Crippen LogP contribution >= 0.6 is 24.0 Å². The summed E-state index contributed by atoms with van der Waals surface area (Å²) >= 11 is 6.14. The first-order chi connectivity index (χ1) is 9.40. The predicted octanol–water partition coefficient (Wildman–Crippen LogP) is 3.76. The summed E-state index contributed by atoms with van der Waals surface area (Å²) in [6, 6.07) is 5.23. The molecule has 0 radical (unpaired) electrons. The minimum Gasteiger partial charge on any atom is -0.489 e. The summed E-state index contributed by atoms with van der Waals surface area (Å²) in [5, 5.41) is 3.32. The molecule has 1 aliphatic rings. The molecular weight excluding hydrogens is 311 g/mol. The van der Waals surface area contributed by atoms with Crippen LogP contribution in [0.25, 0.3) is 0 Å². The van der Waals surface area contributed by atoms with Gasteiger partial charge in [-0.25, -0.2) is 0 Å². The lowest BCUT2D eigenvalue weighted by Gasteiger charge is -2.22. The maximum absolute atomic E-state index is 12.2. The Kier molecular flexibility index (Phi) is 6.32. The van der Waals surface area contributed by atoms with Gasteiger partial charge in [-0.3, -0.25) is 4.79 Å². The predicted molar refractivity (Wildman–Crippen MR) is 88.5 cm³/mol. The molecule has 0 unspecified atom stereocenters. The van der Waals surface area contributed by atoms with Crippen molar-refractivity contribution in [1.29, 1.82) is 0 Å². The van der Waals surface area contributed by atoms with Gasteiger partial charge in [0.15, 0.2) is 0 Å². The molecule has 1 fully saturated rings. The highest BCUT2D eigenvalue weighted by molar-refractivity contribution is 6.32. The van der Waals surface area contributed by atoms with Crippen LogP contribution in [0.4, 0.5) is 5.69 Å². The molecule has 0 atom stereocenters. The number of ether oxygens (including phenoxy) is 1.